The summed E-state index contributed by atoms with van der Waals surface area (Å²) in [7, 11) is -8.00. The molecule has 4 aromatic rings. The number of carbonyl (C=O) groups is 1. The molecule has 252 valence electrons. The van der Waals surface area contributed by atoms with Crippen LogP contribution in [-0.4, -0.2) is 90.4 Å². The van der Waals surface area contributed by atoms with Crippen molar-refractivity contribution in [1.29, 1.82) is 0 Å². The van der Waals surface area contributed by atoms with Gasteiger partial charge >= 0.3 is 0 Å². The molecule has 12 nitrogen and oxygen atoms in total. The lowest BCUT2D eigenvalue weighted by molar-refractivity contribution is -0.202. The van der Waals surface area contributed by atoms with Crippen molar-refractivity contribution in [3.8, 4) is 10.4 Å². The summed E-state index contributed by atoms with van der Waals surface area (Å²) in [6.45, 7) is -0.159. The van der Waals surface area contributed by atoms with Gasteiger partial charge in [0.1, 0.15) is 16.6 Å². The molecule has 2 saturated heterocycles. The summed E-state index contributed by atoms with van der Waals surface area (Å²) in [6, 6.07) is 16.6. The van der Waals surface area contributed by atoms with E-state index in [-0.39, 0.29) is 29.6 Å². The molecule has 2 atom stereocenters. The maximum Gasteiger partial charge on any atom is 0.263 e. The number of nitrogens with one attached hydrogen (secondary N) is 1. The van der Waals surface area contributed by atoms with Crippen LogP contribution in [0.25, 0.3) is 21.5 Å². The summed E-state index contributed by atoms with van der Waals surface area (Å²) in [4.78, 5) is 24.1. The predicted octanol–water partition coefficient (Wildman–Crippen LogP) is 4.58. The van der Waals surface area contributed by atoms with E-state index in [0.29, 0.717) is 35.1 Å². The van der Waals surface area contributed by atoms with Gasteiger partial charge in [-0.15, -0.1) is 11.3 Å². The SMILES string of the molecule is O=C(NOC1CCCCO1)[C@H]1CN(S(=O)(=O)CCCSn2cnc3ccccc32)CCN1S(=O)(=O)c1ccc(-c2ccc(Cl)cc2)s1. The largest absolute Gasteiger partial charge is 0.350 e. The normalized spacial score (nSPS) is 20.0. The lowest BCUT2D eigenvalue weighted by Crippen LogP contribution is -2.61. The van der Waals surface area contributed by atoms with Crippen molar-refractivity contribution >= 4 is 71.9 Å². The lowest BCUT2D eigenvalue weighted by Gasteiger charge is -2.38. The standard InChI is InChI=1S/C30H34ClN5O7S4/c31-23-11-9-22(10-12-23)27-13-14-29(45-27)47(40,41)36-16-15-34(20-26(36)30(37)33-43-28-8-3-4-17-42-28)46(38,39)19-5-18-44-35-21-32-24-6-1-2-7-25(24)35/h1-2,6-7,9-14,21,26,28H,3-5,8,15-20H2,(H,33,37)/t26-,28?/m1/s1. The van der Waals surface area contributed by atoms with Gasteiger partial charge in [0.2, 0.25) is 10.0 Å². The summed E-state index contributed by atoms with van der Waals surface area (Å²) in [5.74, 6) is -0.406. The van der Waals surface area contributed by atoms with Gasteiger partial charge in [0.15, 0.2) is 6.29 Å². The number of carbonyl (C=O) groups excluding carboxylic acids is 1. The molecule has 2 aromatic heterocycles. The fourth-order valence-electron chi connectivity index (χ4n) is 5.41. The molecule has 0 radical (unpaired) electrons. The first-order valence-corrected chi connectivity index (χ1v) is 20.3. The Balaban J connectivity index is 1.15. The molecule has 1 unspecified atom stereocenters. The molecule has 0 bridgehead atoms. The van der Waals surface area contributed by atoms with E-state index in [4.69, 9.17) is 21.2 Å². The summed E-state index contributed by atoms with van der Waals surface area (Å²) in [5, 5.41) is 0.561. The number of halogens is 1. The van der Waals surface area contributed by atoms with Crippen molar-refractivity contribution in [2.45, 2.75) is 42.2 Å². The molecule has 0 aliphatic carbocycles. The number of amides is 1. The van der Waals surface area contributed by atoms with Crippen LogP contribution in [0.3, 0.4) is 0 Å². The van der Waals surface area contributed by atoms with Crippen molar-refractivity contribution in [1.82, 2.24) is 23.0 Å². The summed E-state index contributed by atoms with van der Waals surface area (Å²) < 4.78 is 64.6. The molecule has 1 N–H and O–H groups in total. The topological polar surface area (TPSA) is 140 Å². The predicted molar refractivity (Wildman–Crippen MR) is 183 cm³/mol. The van der Waals surface area contributed by atoms with E-state index in [1.165, 1.54) is 22.3 Å². The zero-order chi connectivity index (χ0) is 33.0. The Kier molecular flexibility index (Phi) is 10.9. The second-order valence-electron chi connectivity index (χ2n) is 11.1. The van der Waals surface area contributed by atoms with Crippen LogP contribution in [-0.2, 0) is 34.4 Å². The number of imidazole rings is 1. The third-order valence-electron chi connectivity index (χ3n) is 7.89. The molecule has 1 amide bonds. The first kappa shape index (κ1) is 34.3. The smallest absolute Gasteiger partial charge is 0.263 e. The second kappa shape index (κ2) is 14.9. The molecule has 47 heavy (non-hydrogen) atoms. The highest BCUT2D eigenvalue weighted by atomic mass is 35.5. The van der Waals surface area contributed by atoms with Gasteiger partial charge in [-0.25, -0.2) is 32.1 Å². The third kappa shape index (κ3) is 8.03. The van der Waals surface area contributed by atoms with Crippen molar-refractivity contribution in [3.63, 3.8) is 0 Å². The Hall–Kier alpha value is -2.54. The number of thiophene rings is 1. The minimum atomic E-state index is -4.18. The fraction of sp³-hybridized carbons (Fsp3) is 0.400. The highest BCUT2D eigenvalue weighted by Crippen LogP contribution is 2.34. The Morgan fingerprint density at radius 2 is 1.87 bits per heavy atom. The zero-order valence-corrected chi connectivity index (χ0v) is 29.3. The summed E-state index contributed by atoms with van der Waals surface area (Å²) in [6.07, 6.45) is 3.71. The van der Waals surface area contributed by atoms with Gasteiger partial charge in [0.05, 0.1) is 16.8 Å². The van der Waals surface area contributed by atoms with Gasteiger partial charge in [0.25, 0.3) is 15.9 Å². The number of piperazine rings is 1. The van der Waals surface area contributed by atoms with Gasteiger partial charge < -0.3 is 4.74 Å². The summed E-state index contributed by atoms with van der Waals surface area (Å²) >= 11 is 8.54. The van der Waals surface area contributed by atoms with Crippen LogP contribution in [0, 0.1) is 0 Å². The molecule has 2 fully saturated rings. The fourth-order valence-corrected chi connectivity index (χ4v) is 11.1. The van der Waals surface area contributed by atoms with Crippen molar-refractivity contribution in [2.75, 3.05) is 37.7 Å². The van der Waals surface area contributed by atoms with Crippen LogP contribution in [0.1, 0.15) is 25.7 Å². The van der Waals surface area contributed by atoms with Crippen molar-refractivity contribution in [3.05, 3.63) is 72.0 Å². The van der Waals surface area contributed by atoms with Gasteiger partial charge in [-0.3, -0.25) is 8.77 Å². The van der Waals surface area contributed by atoms with E-state index in [0.717, 1.165) is 45.1 Å². The van der Waals surface area contributed by atoms with E-state index in [9.17, 15) is 21.6 Å². The number of benzene rings is 2. The van der Waals surface area contributed by atoms with Gasteiger partial charge in [-0.05, 0) is 73.2 Å². The van der Waals surface area contributed by atoms with E-state index < -0.39 is 38.3 Å². The Morgan fingerprint density at radius 3 is 2.66 bits per heavy atom. The highest BCUT2D eigenvalue weighted by molar-refractivity contribution is 7.98. The lowest BCUT2D eigenvalue weighted by atomic mass is 10.2. The highest BCUT2D eigenvalue weighted by Gasteiger charge is 2.44. The van der Waals surface area contributed by atoms with E-state index in [1.807, 2.05) is 28.2 Å². The second-order valence-corrected chi connectivity index (χ2v) is 17.8. The molecular formula is C30H34ClN5O7S4. The quantitative estimate of drug-likeness (QED) is 0.163. The number of aromatic nitrogens is 2. The van der Waals surface area contributed by atoms with Crippen LogP contribution in [0.5, 0.6) is 0 Å². The van der Waals surface area contributed by atoms with Gasteiger partial charge in [0, 0.05) is 48.3 Å². The van der Waals surface area contributed by atoms with Crippen molar-refractivity contribution in [2.24, 2.45) is 0 Å². The maximum atomic E-state index is 14.0. The van der Waals surface area contributed by atoms with E-state index >= 15 is 0 Å². The molecule has 2 aliphatic heterocycles. The van der Waals surface area contributed by atoms with E-state index in [1.54, 1.807) is 36.7 Å². The number of rotatable bonds is 12. The Morgan fingerprint density at radius 1 is 1.06 bits per heavy atom. The van der Waals surface area contributed by atoms with Crippen molar-refractivity contribution < 1.29 is 31.2 Å². The van der Waals surface area contributed by atoms with E-state index in [2.05, 4.69) is 10.5 Å². The average Bonchev–Trinajstić information content (AvgIpc) is 3.75. The average molecular weight is 740 g/mol. The maximum absolute atomic E-state index is 14.0. The monoisotopic (exact) mass is 739 g/mol. The van der Waals surface area contributed by atoms with Crippen LogP contribution in [0.2, 0.25) is 5.02 Å². The Bertz CT molecular complexity index is 1910. The number of nitrogens with zero attached hydrogens (tertiary/aromatic N) is 4. The Labute approximate surface area is 287 Å². The molecule has 0 spiro atoms. The molecular weight excluding hydrogens is 706 g/mol. The molecule has 4 heterocycles. The number of hydrogen-bond donors (Lipinski definition) is 1. The molecule has 2 aromatic carbocycles. The third-order valence-corrected chi connectivity index (χ3v) is 14.6. The molecule has 6 rings (SSSR count). The number of hydroxylamine groups is 1. The number of fused-ring (bicyclic) bond motifs is 1. The van der Waals surface area contributed by atoms with Crippen LogP contribution in [0.4, 0.5) is 0 Å². The minimum absolute atomic E-state index is 0.0390. The number of hydrogen-bond acceptors (Lipinski definition) is 10. The molecule has 2 aliphatic rings. The molecule has 0 saturated carbocycles. The number of para-hydroxylation sites is 2. The van der Waals surface area contributed by atoms with Crippen LogP contribution in [0.15, 0.2) is 71.2 Å². The minimum Gasteiger partial charge on any atom is -0.350 e. The van der Waals surface area contributed by atoms with Crippen LogP contribution < -0.4 is 5.48 Å². The number of sulfonamides is 2. The zero-order valence-electron chi connectivity index (χ0n) is 25.2. The molecule has 17 heteroatoms. The first-order chi connectivity index (χ1) is 22.6. The van der Waals surface area contributed by atoms with Gasteiger partial charge in [-0.2, -0.15) is 8.61 Å². The summed E-state index contributed by atoms with van der Waals surface area (Å²) in [5.41, 5.74) is 4.95. The van der Waals surface area contributed by atoms with Gasteiger partial charge in [-0.1, -0.05) is 35.9 Å². The number of ether oxygens (including phenoxy) is 1. The van der Waals surface area contributed by atoms with Crippen LogP contribution >= 0.6 is 34.9 Å². The first-order valence-electron chi connectivity index (χ1n) is 15.1.